The molecule has 0 unspecified atom stereocenters. The number of hydrazine groups is 1. The quantitative estimate of drug-likeness (QED) is 0.766. The Bertz CT molecular complexity index is 650. The topological polar surface area (TPSA) is 58.6 Å². The molecule has 25 heavy (non-hydrogen) atoms. The third-order valence-corrected chi connectivity index (χ3v) is 7.48. The summed E-state index contributed by atoms with van der Waals surface area (Å²) in [5.41, 5.74) is 3.57. The second-order valence-electron chi connectivity index (χ2n) is 7.34. The fourth-order valence-electron chi connectivity index (χ4n) is 4.38. The maximum absolute atomic E-state index is 12.7. The van der Waals surface area contributed by atoms with Crippen molar-refractivity contribution in [1.82, 2.24) is 10.4 Å². The van der Waals surface area contributed by atoms with Crippen LogP contribution in [0.1, 0.15) is 39.0 Å². The first kappa shape index (κ1) is 18.8. The lowest BCUT2D eigenvalue weighted by atomic mass is 10.0. The summed E-state index contributed by atoms with van der Waals surface area (Å²) in [6.45, 7) is 2.74. The highest BCUT2D eigenvalue weighted by molar-refractivity contribution is 7.91. The number of nitrogens with one attached hydrogen (secondary N) is 1. The zero-order valence-corrected chi connectivity index (χ0v) is 16.0. The number of rotatable bonds is 8. The van der Waals surface area contributed by atoms with Gasteiger partial charge in [0.2, 0.25) is 0 Å². The highest BCUT2D eigenvalue weighted by atomic mass is 32.2. The van der Waals surface area contributed by atoms with Gasteiger partial charge in [0.1, 0.15) is 0 Å². The zero-order valence-electron chi connectivity index (χ0n) is 15.2. The second kappa shape index (κ2) is 8.16. The number of ether oxygens (including phenoxy) is 1. The smallest absolute Gasteiger partial charge is 0.179 e. The molecule has 6 heteroatoms. The standard InChI is InChI=1S/C19H30N2O3S/c1-3-16(14-25(22,23)18-9-5-4-6-10-18)20-21-17(13-24-2)12-15-8-7-11-19(15)21/h4-6,9-10,15-17,19-20H,3,7-8,11-14H2,1-2H3/t15-,16+,17-,19-/m1/s1. The average molecular weight is 367 g/mol. The van der Waals surface area contributed by atoms with Gasteiger partial charge in [0, 0.05) is 25.2 Å². The van der Waals surface area contributed by atoms with Gasteiger partial charge < -0.3 is 4.74 Å². The van der Waals surface area contributed by atoms with E-state index in [1.165, 1.54) is 19.3 Å². The maximum atomic E-state index is 12.7. The maximum Gasteiger partial charge on any atom is 0.179 e. The minimum Gasteiger partial charge on any atom is -0.383 e. The Kier molecular flexibility index (Phi) is 6.15. The van der Waals surface area contributed by atoms with Gasteiger partial charge in [-0.1, -0.05) is 31.5 Å². The molecule has 1 saturated carbocycles. The molecule has 1 N–H and O–H groups in total. The van der Waals surface area contributed by atoms with E-state index >= 15 is 0 Å². The van der Waals surface area contributed by atoms with Crippen molar-refractivity contribution in [3.8, 4) is 0 Å². The lowest BCUT2D eigenvalue weighted by Crippen LogP contribution is -2.54. The summed E-state index contributed by atoms with van der Waals surface area (Å²) >= 11 is 0. The van der Waals surface area contributed by atoms with E-state index in [2.05, 4.69) is 10.4 Å². The number of sulfone groups is 1. The van der Waals surface area contributed by atoms with Gasteiger partial charge >= 0.3 is 0 Å². The predicted molar refractivity (Wildman–Crippen MR) is 99.0 cm³/mol. The minimum absolute atomic E-state index is 0.0797. The summed E-state index contributed by atoms with van der Waals surface area (Å²) in [4.78, 5) is 0.406. The Labute approximate surface area is 151 Å². The first-order valence-corrected chi connectivity index (χ1v) is 11.0. The van der Waals surface area contributed by atoms with Crippen LogP contribution < -0.4 is 5.43 Å². The largest absolute Gasteiger partial charge is 0.383 e. The van der Waals surface area contributed by atoms with Crippen LogP contribution in [-0.2, 0) is 14.6 Å². The molecule has 1 aliphatic carbocycles. The van der Waals surface area contributed by atoms with Crippen LogP contribution in [0.5, 0.6) is 0 Å². The van der Waals surface area contributed by atoms with Gasteiger partial charge in [-0.05, 0) is 43.7 Å². The van der Waals surface area contributed by atoms with Crippen molar-refractivity contribution in [2.24, 2.45) is 5.92 Å². The number of methoxy groups -OCH3 is 1. The first-order chi connectivity index (χ1) is 12.0. The van der Waals surface area contributed by atoms with Gasteiger partial charge in [-0.3, -0.25) is 5.43 Å². The molecule has 0 aromatic heterocycles. The molecule has 0 bridgehead atoms. The summed E-state index contributed by atoms with van der Waals surface area (Å²) in [6.07, 6.45) is 5.67. The number of hydrogen-bond acceptors (Lipinski definition) is 5. The number of fused-ring (bicyclic) bond motifs is 1. The summed E-state index contributed by atoms with van der Waals surface area (Å²) in [5, 5.41) is 2.33. The van der Waals surface area contributed by atoms with E-state index in [0.717, 1.165) is 18.8 Å². The van der Waals surface area contributed by atoms with E-state index in [-0.39, 0.29) is 11.8 Å². The predicted octanol–water partition coefficient (Wildman–Crippen LogP) is 2.63. The van der Waals surface area contributed by atoms with E-state index in [0.29, 0.717) is 23.6 Å². The van der Waals surface area contributed by atoms with Crippen LogP contribution in [0.25, 0.3) is 0 Å². The monoisotopic (exact) mass is 366 g/mol. The molecule has 2 fully saturated rings. The lowest BCUT2D eigenvalue weighted by Gasteiger charge is -2.33. The molecule has 0 spiro atoms. The SMILES string of the molecule is CC[C@@H](CS(=O)(=O)c1ccccc1)NN1[C@@H](COC)C[C@H]2CCC[C@H]21. The molecule has 1 aromatic rings. The Hall–Kier alpha value is -0.950. The van der Waals surface area contributed by atoms with Crippen LogP contribution in [-0.4, -0.2) is 51.0 Å². The third kappa shape index (κ3) is 4.25. The molecule has 4 atom stereocenters. The number of benzene rings is 1. The molecule has 140 valence electrons. The summed E-state index contributed by atoms with van der Waals surface area (Å²) in [5.74, 6) is 0.845. The molecule has 1 saturated heterocycles. The van der Waals surface area contributed by atoms with Crippen molar-refractivity contribution >= 4 is 9.84 Å². The molecule has 0 radical (unpaired) electrons. The zero-order chi connectivity index (χ0) is 17.9. The highest BCUT2D eigenvalue weighted by Gasteiger charge is 2.44. The van der Waals surface area contributed by atoms with Crippen molar-refractivity contribution in [3.63, 3.8) is 0 Å². The van der Waals surface area contributed by atoms with Crippen molar-refractivity contribution in [2.75, 3.05) is 19.5 Å². The molecular formula is C19H30N2O3S. The van der Waals surface area contributed by atoms with Gasteiger partial charge in [-0.2, -0.15) is 0 Å². The molecule has 2 aliphatic rings. The van der Waals surface area contributed by atoms with E-state index in [9.17, 15) is 8.42 Å². The van der Waals surface area contributed by atoms with Crippen molar-refractivity contribution in [3.05, 3.63) is 30.3 Å². The Morgan fingerprint density at radius 2 is 2.04 bits per heavy atom. The van der Waals surface area contributed by atoms with Crippen LogP contribution in [0.15, 0.2) is 35.2 Å². The van der Waals surface area contributed by atoms with E-state index < -0.39 is 9.84 Å². The third-order valence-electron chi connectivity index (χ3n) is 5.65. The number of hydrogen-bond donors (Lipinski definition) is 1. The second-order valence-corrected chi connectivity index (χ2v) is 9.37. The van der Waals surface area contributed by atoms with Crippen LogP contribution in [0.3, 0.4) is 0 Å². The average Bonchev–Trinajstić information content (AvgIpc) is 3.18. The van der Waals surface area contributed by atoms with Gasteiger partial charge in [-0.25, -0.2) is 13.4 Å². The molecule has 0 amide bonds. The summed E-state index contributed by atoms with van der Waals surface area (Å²) in [6, 6.07) is 9.54. The lowest BCUT2D eigenvalue weighted by molar-refractivity contribution is 0.0446. The van der Waals surface area contributed by atoms with Gasteiger partial charge in [0.15, 0.2) is 9.84 Å². The molecule has 3 rings (SSSR count). The van der Waals surface area contributed by atoms with Gasteiger partial charge in [0.25, 0.3) is 0 Å². The fourth-order valence-corrected chi connectivity index (χ4v) is 5.98. The normalized spacial score (nSPS) is 28.2. The molecule has 1 heterocycles. The van der Waals surface area contributed by atoms with E-state index in [1.54, 1.807) is 31.4 Å². The molecule has 5 nitrogen and oxygen atoms in total. The summed E-state index contributed by atoms with van der Waals surface area (Å²) in [7, 11) is -1.55. The molecular weight excluding hydrogens is 336 g/mol. The van der Waals surface area contributed by atoms with Gasteiger partial charge in [0.05, 0.1) is 17.3 Å². The van der Waals surface area contributed by atoms with Crippen LogP contribution in [0.4, 0.5) is 0 Å². The minimum atomic E-state index is -3.29. The Morgan fingerprint density at radius 1 is 1.28 bits per heavy atom. The summed E-state index contributed by atoms with van der Waals surface area (Å²) < 4.78 is 30.9. The first-order valence-electron chi connectivity index (χ1n) is 9.36. The van der Waals surface area contributed by atoms with E-state index in [1.807, 2.05) is 13.0 Å². The van der Waals surface area contributed by atoms with Crippen LogP contribution in [0.2, 0.25) is 0 Å². The highest BCUT2D eigenvalue weighted by Crippen LogP contribution is 2.40. The fraction of sp³-hybridized carbons (Fsp3) is 0.684. The van der Waals surface area contributed by atoms with E-state index in [4.69, 9.17) is 4.74 Å². The van der Waals surface area contributed by atoms with Crippen molar-refractivity contribution in [1.29, 1.82) is 0 Å². The van der Waals surface area contributed by atoms with Crippen molar-refractivity contribution < 1.29 is 13.2 Å². The number of nitrogens with zero attached hydrogens (tertiary/aromatic N) is 1. The van der Waals surface area contributed by atoms with Crippen LogP contribution in [0, 0.1) is 5.92 Å². The van der Waals surface area contributed by atoms with Crippen LogP contribution >= 0.6 is 0 Å². The Balaban J connectivity index is 1.70. The van der Waals surface area contributed by atoms with Crippen molar-refractivity contribution in [2.45, 2.75) is 62.0 Å². The molecule has 1 aromatic carbocycles. The van der Waals surface area contributed by atoms with Gasteiger partial charge in [-0.15, -0.1) is 0 Å². The Morgan fingerprint density at radius 3 is 2.72 bits per heavy atom. The molecule has 1 aliphatic heterocycles.